The first-order chi connectivity index (χ1) is 14.2. The number of hydrogen-bond acceptors (Lipinski definition) is 6. The molecule has 0 aliphatic carbocycles. The van der Waals surface area contributed by atoms with Crippen molar-refractivity contribution in [2.24, 2.45) is 0 Å². The molecule has 0 N–H and O–H groups in total. The van der Waals surface area contributed by atoms with Crippen LogP contribution in [0, 0.1) is 0 Å². The van der Waals surface area contributed by atoms with Crippen LogP contribution in [0.2, 0.25) is 0 Å². The van der Waals surface area contributed by atoms with E-state index in [1.165, 1.54) is 0 Å². The Morgan fingerprint density at radius 2 is 1.72 bits per heavy atom. The Morgan fingerprint density at radius 1 is 1.00 bits per heavy atom. The number of benzene rings is 1. The molecule has 9 nitrogen and oxygen atoms in total. The summed E-state index contributed by atoms with van der Waals surface area (Å²) in [5.41, 5.74) is 0.728. The van der Waals surface area contributed by atoms with Gasteiger partial charge in [0.05, 0.1) is 12.8 Å². The van der Waals surface area contributed by atoms with Crippen LogP contribution in [0.1, 0.15) is 0 Å². The molecule has 0 atom stereocenters. The van der Waals surface area contributed by atoms with Crippen molar-refractivity contribution in [3.8, 4) is 5.75 Å². The third-order valence-corrected chi connectivity index (χ3v) is 5.26. The van der Waals surface area contributed by atoms with Gasteiger partial charge in [-0.25, -0.2) is 14.8 Å². The molecule has 3 heterocycles. The average Bonchev–Trinajstić information content (AvgIpc) is 3.14. The molecule has 152 valence electrons. The normalized spacial score (nSPS) is 17.1. The predicted molar refractivity (Wildman–Crippen MR) is 108 cm³/mol. The van der Waals surface area contributed by atoms with Gasteiger partial charge in [0.2, 0.25) is 11.9 Å². The van der Waals surface area contributed by atoms with Gasteiger partial charge in [-0.3, -0.25) is 9.69 Å². The number of hydrogen-bond donors (Lipinski definition) is 0. The highest BCUT2D eigenvalue weighted by Crippen LogP contribution is 2.30. The van der Waals surface area contributed by atoms with Crippen molar-refractivity contribution >= 4 is 23.6 Å². The fraction of sp³-hybridized carbons (Fsp3) is 0.400. The summed E-state index contributed by atoms with van der Waals surface area (Å²) in [6, 6.07) is 9.03. The van der Waals surface area contributed by atoms with Crippen LogP contribution < -0.4 is 14.5 Å². The van der Waals surface area contributed by atoms with Gasteiger partial charge in [-0.1, -0.05) is 12.1 Å². The van der Waals surface area contributed by atoms with E-state index in [2.05, 4.69) is 14.9 Å². The maximum atomic E-state index is 12.8. The molecule has 4 rings (SSSR count). The molecular weight excluding hydrogens is 372 g/mol. The van der Waals surface area contributed by atoms with Gasteiger partial charge in [-0.15, -0.1) is 0 Å². The van der Waals surface area contributed by atoms with Gasteiger partial charge < -0.3 is 19.4 Å². The Morgan fingerprint density at radius 3 is 2.45 bits per heavy atom. The van der Waals surface area contributed by atoms with E-state index in [1.807, 2.05) is 24.3 Å². The van der Waals surface area contributed by atoms with Gasteiger partial charge in [-0.2, -0.15) is 0 Å². The smallest absolute Gasteiger partial charge is 0.325 e. The van der Waals surface area contributed by atoms with Crippen molar-refractivity contribution in [2.45, 2.75) is 0 Å². The van der Waals surface area contributed by atoms with Gasteiger partial charge in [-0.05, 0) is 18.2 Å². The zero-order chi connectivity index (χ0) is 20.2. The molecule has 2 saturated heterocycles. The summed E-state index contributed by atoms with van der Waals surface area (Å²) in [5, 5.41) is 0. The highest BCUT2D eigenvalue weighted by molar-refractivity contribution is 5.97. The van der Waals surface area contributed by atoms with Crippen molar-refractivity contribution in [3.05, 3.63) is 42.7 Å². The van der Waals surface area contributed by atoms with Crippen molar-refractivity contribution in [2.75, 3.05) is 62.7 Å². The number of anilines is 2. The Balaban J connectivity index is 1.33. The quantitative estimate of drug-likeness (QED) is 0.752. The predicted octanol–water partition coefficient (Wildman–Crippen LogP) is 1.08. The van der Waals surface area contributed by atoms with Crippen LogP contribution in [0.5, 0.6) is 5.75 Å². The lowest BCUT2D eigenvalue weighted by Crippen LogP contribution is -2.52. The molecule has 2 fully saturated rings. The highest BCUT2D eigenvalue weighted by atomic mass is 16.5. The first kappa shape index (κ1) is 19.0. The number of amides is 3. The van der Waals surface area contributed by atoms with E-state index in [0.717, 1.165) is 5.69 Å². The van der Waals surface area contributed by atoms with E-state index in [9.17, 15) is 9.59 Å². The minimum Gasteiger partial charge on any atom is -0.495 e. The maximum Gasteiger partial charge on any atom is 0.325 e. The second-order valence-electron chi connectivity index (χ2n) is 6.94. The number of methoxy groups -OCH3 is 1. The van der Waals surface area contributed by atoms with Crippen LogP contribution in [0.15, 0.2) is 42.7 Å². The first-order valence-corrected chi connectivity index (χ1v) is 9.66. The summed E-state index contributed by atoms with van der Waals surface area (Å²) in [4.78, 5) is 41.2. The number of carbonyl (C=O) groups is 2. The molecule has 2 aliphatic heterocycles. The van der Waals surface area contributed by atoms with Crippen molar-refractivity contribution in [1.29, 1.82) is 0 Å². The van der Waals surface area contributed by atoms with Gasteiger partial charge in [0.25, 0.3) is 0 Å². The Kier molecular flexibility index (Phi) is 5.46. The number of piperazine rings is 1. The molecule has 29 heavy (non-hydrogen) atoms. The number of urea groups is 1. The van der Waals surface area contributed by atoms with Gasteiger partial charge >= 0.3 is 6.03 Å². The van der Waals surface area contributed by atoms with Gasteiger partial charge in [0.1, 0.15) is 12.3 Å². The van der Waals surface area contributed by atoms with E-state index in [4.69, 9.17) is 4.74 Å². The molecule has 0 spiro atoms. The number of ether oxygens (including phenoxy) is 1. The van der Waals surface area contributed by atoms with Crippen LogP contribution >= 0.6 is 0 Å². The largest absolute Gasteiger partial charge is 0.495 e. The number of para-hydroxylation sites is 2. The lowest BCUT2D eigenvalue weighted by Gasteiger charge is -2.35. The van der Waals surface area contributed by atoms with E-state index in [0.29, 0.717) is 51.0 Å². The molecule has 1 aromatic heterocycles. The van der Waals surface area contributed by atoms with Crippen LogP contribution in [0.3, 0.4) is 0 Å². The van der Waals surface area contributed by atoms with E-state index >= 15 is 0 Å². The second-order valence-corrected chi connectivity index (χ2v) is 6.94. The Bertz CT molecular complexity index is 870. The number of nitrogens with zero attached hydrogens (tertiary/aromatic N) is 6. The fourth-order valence-electron chi connectivity index (χ4n) is 3.68. The Hall–Kier alpha value is -3.36. The molecule has 1 aromatic carbocycles. The minimum atomic E-state index is -0.167. The molecule has 2 aliphatic rings. The maximum absolute atomic E-state index is 12.8. The van der Waals surface area contributed by atoms with Crippen LogP contribution in [-0.4, -0.2) is 84.6 Å². The van der Waals surface area contributed by atoms with Crippen molar-refractivity contribution in [3.63, 3.8) is 0 Å². The topological polar surface area (TPSA) is 82.1 Å². The third-order valence-electron chi connectivity index (χ3n) is 5.26. The standard InChI is InChI=1S/C20H24N6O3/c1-29-17-6-3-2-5-16(17)26-14-13-25(20(26)28)15-18(27)23-9-11-24(12-10-23)19-21-7-4-8-22-19/h2-8H,9-15H2,1H3. The molecule has 9 heteroatoms. The van der Waals surface area contributed by atoms with Crippen LogP contribution in [0.4, 0.5) is 16.4 Å². The summed E-state index contributed by atoms with van der Waals surface area (Å²) in [5.74, 6) is 1.30. The van der Waals surface area contributed by atoms with E-state index in [-0.39, 0.29) is 18.5 Å². The van der Waals surface area contributed by atoms with Crippen molar-refractivity contribution in [1.82, 2.24) is 19.8 Å². The number of carbonyl (C=O) groups excluding carboxylic acids is 2. The summed E-state index contributed by atoms with van der Waals surface area (Å²) in [6.07, 6.45) is 3.43. The van der Waals surface area contributed by atoms with E-state index < -0.39 is 0 Å². The highest BCUT2D eigenvalue weighted by Gasteiger charge is 2.33. The molecular formula is C20H24N6O3. The lowest BCUT2D eigenvalue weighted by molar-refractivity contribution is -0.131. The Labute approximate surface area is 169 Å². The average molecular weight is 396 g/mol. The summed E-state index contributed by atoms with van der Waals surface area (Å²) >= 11 is 0. The van der Waals surface area contributed by atoms with Crippen LogP contribution in [0.25, 0.3) is 0 Å². The first-order valence-electron chi connectivity index (χ1n) is 9.66. The summed E-state index contributed by atoms with van der Waals surface area (Å²) in [6.45, 7) is 3.68. The zero-order valence-corrected chi connectivity index (χ0v) is 16.4. The van der Waals surface area contributed by atoms with E-state index in [1.54, 1.807) is 40.3 Å². The SMILES string of the molecule is COc1ccccc1N1CCN(CC(=O)N2CCN(c3ncccn3)CC2)C1=O. The molecule has 0 bridgehead atoms. The van der Waals surface area contributed by atoms with Crippen molar-refractivity contribution < 1.29 is 14.3 Å². The molecule has 0 saturated carbocycles. The molecule has 0 unspecified atom stereocenters. The van der Waals surface area contributed by atoms with Gasteiger partial charge in [0, 0.05) is 51.7 Å². The summed E-state index contributed by atoms with van der Waals surface area (Å²) in [7, 11) is 1.58. The lowest BCUT2D eigenvalue weighted by atomic mass is 10.2. The fourth-order valence-corrected chi connectivity index (χ4v) is 3.68. The molecule has 0 radical (unpaired) electrons. The minimum absolute atomic E-state index is 0.0335. The van der Waals surface area contributed by atoms with Gasteiger partial charge in [0.15, 0.2) is 0 Å². The molecule has 3 amide bonds. The third kappa shape index (κ3) is 3.94. The monoisotopic (exact) mass is 396 g/mol. The number of aromatic nitrogens is 2. The number of rotatable bonds is 5. The zero-order valence-electron chi connectivity index (χ0n) is 16.4. The van der Waals surface area contributed by atoms with Crippen LogP contribution in [-0.2, 0) is 4.79 Å². The second kappa shape index (κ2) is 8.34. The molecule has 2 aromatic rings. The summed E-state index contributed by atoms with van der Waals surface area (Å²) < 4.78 is 5.36.